The highest BCUT2D eigenvalue weighted by atomic mass is 19.1. The number of hydrogen-bond donors (Lipinski definition) is 1. The normalized spacial score (nSPS) is 17.1. The summed E-state index contributed by atoms with van der Waals surface area (Å²) in [4.78, 5) is 26.9. The van der Waals surface area contributed by atoms with Crippen molar-refractivity contribution in [3.05, 3.63) is 71.7 Å². The van der Waals surface area contributed by atoms with E-state index in [2.05, 4.69) is 15.0 Å². The summed E-state index contributed by atoms with van der Waals surface area (Å²) in [7, 11) is 0. The number of aryl methyl sites for hydroxylation is 1. The molecule has 0 radical (unpaired) electrons. The monoisotopic (exact) mass is 364 g/mol. The van der Waals surface area contributed by atoms with E-state index in [1.807, 2.05) is 30.0 Å². The number of H-pyrrole nitrogens is 1. The second kappa shape index (κ2) is 7.31. The molecule has 1 N–H and O–H groups in total. The number of nitrogens with zero attached hydrogens (tertiary/aromatic N) is 3. The Bertz CT molecular complexity index is 951. The number of amides is 1. The molecule has 5 nitrogen and oxygen atoms in total. The van der Waals surface area contributed by atoms with Gasteiger partial charge in [0.1, 0.15) is 11.6 Å². The van der Waals surface area contributed by atoms with E-state index in [1.165, 1.54) is 12.1 Å². The molecule has 3 aromatic rings. The molecule has 2 aromatic heterocycles. The van der Waals surface area contributed by atoms with Gasteiger partial charge >= 0.3 is 0 Å². The molecule has 4 rings (SSSR count). The number of carbonyl (C=O) groups is 1. The topological polar surface area (TPSA) is 61.9 Å². The molecule has 1 aliphatic heterocycles. The summed E-state index contributed by atoms with van der Waals surface area (Å²) in [5, 5.41) is 0. The zero-order valence-corrected chi connectivity index (χ0v) is 15.2. The molecular weight excluding hydrogens is 343 g/mol. The highest BCUT2D eigenvalue weighted by Crippen LogP contribution is 2.31. The van der Waals surface area contributed by atoms with Crippen molar-refractivity contribution in [1.82, 2.24) is 19.9 Å². The van der Waals surface area contributed by atoms with Gasteiger partial charge in [-0.1, -0.05) is 12.1 Å². The Morgan fingerprint density at radius 3 is 2.85 bits per heavy atom. The minimum atomic E-state index is -0.287. The predicted octanol–water partition coefficient (Wildman–Crippen LogP) is 4.29. The van der Waals surface area contributed by atoms with Gasteiger partial charge in [-0.15, -0.1) is 0 Å². The van der Waals surface area contributed by atoms with Crippen molar-refractivity contribution in [3.63, 3.8) is 0 Å². The Kier molecular flexibility index (Phi) is 4.71. The smallest absolute Gasteiger partial charge is 0.256 e. The van der Waals surface area contributed by atoms with Crippen LogP contribution in [0.5, 0.6) is 0 Å². The molecule has 1 saturated heterocycles. The molecule has 1 amide bonds. The van der Waals surface area contributed by atoms with Crippen LogP contribution in [0.25, 0.3) is 11.3 Å². The molecule has 3 heterocycles. The fraction of sp³-hybridized carbons (Fsp3) is 0.286. The van der Waals surface area contributed by atoms with Crippen LogP contribution in [0.1, 0.15) is 47.2 Å². The summed E-state index contributed by atoms with van der Waals surface area (Å²) in [5.74, 6) is 0.420. The van der Waals surface area contributed by atoms with Crippen molar-refractivity contribution < 1.29 is 9.18 Å². The highest BCUT2D eigenvalue weighted by Gasteiger charge is 2.30. The number of hydrogen-bond acceptors (Lipinski definition) is 3. The van der Waals surface area contributed by atoms with E-state index in [1.54, 1.807) is 18.5 Å². The largest absolute Gasteiger partial charge is 0.340 e. The van der Waals surface area contributed by atoms with E-state index in [4.69, 9.17) is 0 Å². The maximum Gasteiger partial charge on any atom is 0.256 e. The number of aromatic amines is 1. The van der Waals surface area contributed by atoms with Crippen LogP contribution in [0.3, 0.4) is 0 Å². The van der Waals surface area contributed by atoms with Gasteiger partial charge in [0.05, 0.1) is 23.5 Å². The van der Waals surface area contributed by atoms with Gasteiger partial charge in [0, 0.05) is 24.0 Å². The fourth-order valence-electron chi connectivity index (χ4n) is 3.53. The van der Waals surface area contributed by atoms with Crippen LogP contribution in [-0.2, 0) is 0 Å². The third-order valence-corrected chi connectivity index (χ3v) is 4.97. The highest BCUT2D eigenvalue weighted by molar-refractivity contribution is 5.94. The van der Waals surface area contributed by atoms with Gasteiger partial charge in [-0.05, 0) is 50.5 Å². The number of piperidine rings is 1. The molecule has 0 saturated carbocycles. The number of carbonyl (C=O) groups excluding carboxylic acids is 1. The van der Waals surface area contributed by atoms with Crippen LogP contribution >= 0.6 is 0 Å². The molecule has 0 aliphatic carbocycles. The molecule has 6 heteroatoms. The fourth-order valence-corrected chi connectivity index (χ4v) is 3.53. The van der Waals surface area contributed by atoms with E-state index < -0.39 is 0 Å². The van der Waals surface area contributed by atoms with Gasteiger partial charge in [0.25, 0.3) is 5.91 Å². The lowest BCUT2D eigenvalue weighted by atomic mass is 10.0. The van der Waals surface area contributed by atoms with Crippen LogP contribution < -0.4 is 0 Å². The number of halogens is 1. The zero-order valence-electron chi connectivity index (χ0n) is 15.2. The van der Waals surface area contributed by atoms with E-state index >= 15 is 0 Å². The molecule has 0 unspecified atom stereocenters. The minimum Gasteiger partial charge on any atom is -0.340 e. The Labute approximate surface area is 157 Å². The van der Waals surface area contributed by atoms with Gasteiger partial charge in [-0.3, -0.25) is 9.78 Å². The van der Waals surface area contributed by atoms with Crippen molar-refractivity contribution in [2.75, 3.05) is 6.54 Å². The second-order valence-corrected chi connectivity index (χ2v) is 6.89. The molecule has 1 aromatic carbocycles. The Hall–Kier alpha value is -3.02. The number of pyridine rings is 1. The first-order valence-electron chi connectivity index (χ1n) is 9.16. The average molecular weight is 364 g/mol. The van der Waals surface area contributed by atoms with Crippen LogP contribution in [0, 0.1) is 12.7 Å². The number of benzene rings is 1. The molecule has 138 valence electrons. The first-order valence-corrected chi connectivity index (χ1v) is 9.16. The molecule has 1 atom stereocenters. The summed E-state index contributed by atoms with van der Waals surface area (Å²) < 4.78 is 13.5. The van der Waals surface area contributed by atoms with Crippen LogP contribution in [0.15, 0.2) is 48.8 Å². The standard InChI is InChI=1S/C21H21FN4O/c1-14-8-9-16(12-23-14)21(27)26-10-3-2-7-19(26)20-24-13-18(25-20)15-5-4-6-17(22)11-15/h4-6,8-9,11-13,19H,2-3,7,10H2,1H3,(H,24,25)/t19-/m0/s1. The third kappa shape index (κ3) is 3.60. The molecule has 27 heavy (non-hydrogen) atoms. The molecule has 1 fully saturated rings. The molecule has 0 spiro atoms. The minimum absolute atomic E-state index is 0.0316. The van der Waals surface area contributed by atoms with Gasteiger partial charge in [-0.2, -0.15) is 0 Å². The van der Waals surface area contributed by atoms with E-state index in [-0.39, 0.29) is 17.8 Å². The van der Waals surface area contributed by atoms with Gasteiger partial charge in [-0.25, -0.2) is 9.37 Å². The predicted molar refractivity (Wildman–Crippen MR) is 101 cm³/mol. The quantitative estimate of drug-likeness (QED) is 0.754. The zero-order chi connectivity index (χ0) is 18.8. The van der Waals surface area contributed by atoms with Crippen molar-refractivity contribution in [1.29, 1.82) is 0 Å². The summed E-state index contributed by atoms with van der Waals surface area (Å²) in [6.45, 7) is 2.59. The lowest BCUT2D eigenvalue weighted by Gasteiger charge is -2.34. The lowest BCUT2D eigenvalue weighted by molar-refractivity contribution is 0.0600. The second-order valence-electron chi connectivity index (χ2n) is 6.89. The summed E-state index contributed by atoms with van der Waals surface area (Å²) in [6.07, 6.45) is 6.19. The number of likely N-dealkylation sites (tertiary alicyclic amines) is 1. The Balaban J connectivity index is 1.61. The van der Waals surface area contributed by atoms with E-state index in [0.717, 1.165) is 42.0 Å². The van der Waals surface area contributed by atoms with Crippen molar-refractivity contribution in [2.45, 2.75) is 32.2 Å². The first-order chi connectivity index (χ1) is 13.1. The number of imidazole rings is 1. The molecular formula is C21H21FN4O. The molecule has 1 aliphatic rings. The van der Waals surface area contributed by atoms with E-state index in [0.29, 0.717) is 12.1 Å². The van der Waals surface area contributed by atoms with E-state index in [9.17, 15) is 9.18 Å². The van der Waals surface area contributed by atoms with Crippen molar-refractivity contribution in [2.24, 2.45) is 0 Å². The summed E-state index contributed by atoms with van der Waals surface area (Å²) >= 11 is 0. The number of nitrogens with one attached hydrogen (secondary N) is 1. The van der Waals surface area contributed by atoms with Crippen molar-refractivity contribution >= 4 is 5.91 Å². The van der Waals surface area contributed by atoms with Crippen LogP contribution in [-0.4, -0.2) is 32.3 Å². The van der Waals surface area contributed by atoms with Gasteiger partial charge < -0.3 is 9.88 Å². The lowest BCUT2D eigenvalue weighted by Crippen LogP contribution is -2.39. The number of aromatic nitrogens is 3. The number of rotatable bonds is 3. The van der Waals surface area contributed by atoms with Crippen LogP contribution in [0.2, 0.25) is 0 Å². The summed E-state index contributed by atoms with van der Waals surface area (Å²) in [6, 6.07) is 9.94. The maximum atomic E-state index is 13.5. The maximum absolute atomic E-state index is 13.5. The van der Waals surface area contributed by atoms with Crippen molar-refractivity contribution in [3.8, 4) is 11.3 Å². The summed E-state index contributed by atoms with van der Waals surface area (Å²) in [5.41, 5.74) is 2.96. The SMILES string of the molecule is Cc1ccc(C(=O)N2CCCC[C@H]2c2ncc(-c3cccc(F)c3)[nH]2)cn1. The van der Waals surface area contributed by atoms with Gasteiger partial charge in [0.15, 0.2) is 0 Å². The third-order valence-electron chi connectivity index (χ3n) is 4.97. The average Bonchev–Trinajstić information content (AvgIpc) is 3.18. The Morgan fingerprint density at radius 2 is 2.07 bits per heavy atom. The Morgan fingerprint density at radius 1 is 1.19 bits per heavy atom. The van der Waals surface area contributed by atoms with Crippen LogP contribution in [0.4, 0.5) is 4.39 Å². The van der Waals surface area contributed by atoms with Gasteiger partial charge in [0.2, 0.25) is 0 Å². The molecule has 0 bridgehead atoms. The first kappa shape index (κ1) is 17.4.